The molecule has 108 valence electrons. The van der Waals surface area contributed by atoms with Crippen LogP contribution in [0.1, 0.15) is 29.7 Å². The van der Waals surface area contributed by atoms with Crippen LogP contribution < -0.4 is 5.73 Å². The normalized spacial score (nSPS) is 18.2. The standard InChI is InChI=1S/C15H20N2OS2/c1-17(15(18)14-6-2-3-8-19-14)10-12-9-13(20-11-12)5-4-7-16/h9,11,14H,2-3,6-8,10,16H2,1H3. The van der Waals surface area contributed by atoms with Gasteiger partial charge in [0.1, 0.15) is 0 Å². The second-order valence-electron chi connectivity index (χ2n) is 4.87. The van der Waals surface area contributed by atoms with E-state index < -0.39 is 0 Å². The van der Waals surface area contributed by atoms with Crippen LogP contribution in [0.4, 0.5) is 0 Å². The lowest BCUT2D eigenvalue weighted by molar-refractivity contribution is -0.130. The van der Waals surface area contributed by atoms with Crippen molar-refractivity contribution in [3.63, 3.8) is 0 Å². The molecule has 1 aliphatic heterocycles. The largest absolute Gasteiger partial charge is 0.340 e. The molecule has 5 heteroatoms. The van der Waals surface area contributed by atoms with E-state index in [4.69, 9.17) is 5.73 Å². The fourth-order valence-electron chi connectivity index (χ4n) is 2.20. The van der Waals surface area contributed by atoms with E-state index >= 15 is 0 Å². The van der Waals surface area contributed by atoms with Gasteiger partial charge in [-0.3, -0.25) is 4.79 Å². The minimum Gasteiger partial charge on any atom is -0.340 e. The number of amides is 1. The minimum absolute atomic E-state index is 0.156. The molecule has 0 spiro atoms. The molecule has 20 heavy (non-hydrogen) atoms. The van der Waals surface area contributed by atoms with E-state index in [1.807, 2.05) is 18.0 Å². The van der Waals surface area contributed by atoms with Crippen LogP contribution in [0.3, 0.4) is 0 Å². The Bertz CT molecular complexity index is 509. The zero-order valence-corrected chi connectivity index (χ0v) is 13.4. The van der Waals surface area contributed by atoms with E-state index in [2.05, 4.69) is 17.2 Å². The molecular formula is C15H20N2OS2. The molecule has 0 saturated carbocycles. The molecule has 1 aliphatic rings. The van der Waals surface area contributed by atoms with E-state index in [1.165, 1.54) is 12.8 Å². The zero-order chi connectivity index (χ0) is 14.4. The van der Waals surface area contributed by atoms with Crippen molar-refractivity contribution >= 4 is 29.0 Å². The molecular weight excluding hydrogens is 288 g/mol. The summed E-state index contributed by atoms with van der Waals surface area (Å²) in [6.45, 7) is 1.04. The lowest BCUT2D eigenvalue weighted by Crippen LogP contribution is -2.35. The van der Waals surface area contributed by atoms with Crippen LogP contribution in [0.25, 0.3) is 0 Å². The fraction of sp³-hybridized carbons (Fsp3) is 0.533. The third kappa shape index (κ3) is 4.27. The molecule has 2 heterocycles. The Morgan fingerprint density at radius 1 is 1.55 bits per heavy atom. The lowest BCUT2D eigenvalue weighted by atomic mass is 10.1. The lowest BCUT2D eigenvalue weighted by Gasteiger charge is -2.25. The van der Waals surface area contributed by atoms with Crippen LogP contribution in [-0.4, -0.2) is 35.4 Å². The Labute approximate surface area is 128 Å². The fourth-order valence-corrected chi connectivity index (χ4v) is 4.28. The molecule has 0 aromatic carbocycles. The van der Waals surface area contributed by atoms with E-state index in [1.54, 1.807) is 23.1 Å². The Kier molecular flexibility index (Phi) is 5.96. The van der Waals surface area contributed by atoms with E-state index in [9.17, 15) is 4.79 Å². The molecule has 2 rings (SSSR count). The summed E-state index contributed by atoms with van der Waals surface area (Å²) in [6, 6.07) is 2.05. The second-order valence-corrected chi connectivity index (χ2v) is 7.10. The molecule has 1 amide bonds. The number of carbonyl (C=O) groups is 1. The summed E-state index contributed by atoms with van der Waals surface area (Å²) in [6.07, 6.45) is 3.44. The van der Waals surface area contributed by atoms with Crippen molar-refractivity contribution in [2.45, 2.75) is 31.1 Å². The summed E-state index contributed by atoms with van der Waals surface area (Å²) < 4.78 is 0. The molecule has 0 radical (unpaired) electrons. The molecule has 1 atom stereocenters. The molecule has 1 aromatic heterocycles. The average Bonchev–Trinajstić information content (AvgIpc) is 2.92. The van der Waals surface area contributed by atoms with Crippen molar-refractivity contribution in [1.29, 1.82) is 0 Å². The van der Waals surface area contributed by atoms with Crippen LogP contribution in [0.5, 0.6) is 0 Å². The molecule has 1 aromatic rings. The van der Waals surface area contributed by atoms with Gasteiger partial charge in [-0.05, 0) is 35.6 Å². The van der Waals surface area contributed by atoms with Crippen LogP contribution in [0, 0.1) is 11.8 Å². The third-order valence-corrected chi connectivity index (χ3v) is 5.48. The van der Waals surface area contributed by atoms with Gasteiger partial charge in [-0.2, -0.15) is 0 Å². The number of nitrogens with two attached hydrogens (primary N) is 1. The maximum Gasteiger partial charge on any atom is 0.235 e. The van der Waals surface area contributed by atoms with Crippen molar-refractivity contribution < 1.29 is 4.79 Å². The maximum absolute atomic E-state index is 12.3. The second kappa shape index (κ2) is 7.72. The van der Waals surface area contributed by atoms with Gasteiger partial charge >= 0.3 is 0 Å². The highest BCUT2D eigenvalue weighted by atomic mass is 32.2. The smallest absolute Gasteiger partial charge is 0.235 e. The topological polar surface area (TPSA) is 46.3 Å². The molecule has 3 nitrogen and oxygen atoms in total. The van der Waals surface area contributed by atoms with E-state index in [0.29, 0.717) is 13.1 Å². The maximum atomic E-state index is 12.3. The number of thiophene rings is 1. The third-order valence-electron chi connectivity index (χ3n) is 3.22. The molecule has 1 saturated heterocycles. The van der Waals surface area contributed by atoms with Crippen LogP contribution in [0.15, 0.2) is 11.4 Å². The Morgan fingerprint density at radius 2 is 2.40 bits per heavy atom. The first-order chi connectivity index (χ1) is 9.70. The van der Waals surface area contributed by atoms with Crippen molar-refractivity contribution in [3.05, 3.63) is 21.9 Å². The van der Waals surface area contributed by atoms with Crippen LogP contribution >= 0.6 is 23.1 Å². The van der Waals surface area contributed by atoms with Gasteiger partial charge in [-0.15, -0.1) is 23.1 Å². The summed E-state index contributed by atoms with van der Waals surface area (Å²) in [4.78, 5) is 15.2. The summed E-state index contributed by atoms with van der Waals surface area (Å²) in [5.41, 5.74) is 6.51. The van der Waals surface area contributed by atoms with Gasteiger partial charge in [0.05, 0.1) is 16.7 Å². The van der Waals surface area contributed by atoms with Gasteiger partial charge < -0.3 is 10.6 Å². The molecule has 1 unspecified atom stereocenters. The number of hydrogen-bond donors (Lipinski definition) is 1. The predicted octanol–water partition coefficient (Wildman–Crippen LogP) is 2.30. The Balaban J connectivity index is 1.91. The molecule has 1 fully saturated rings. The van der Waals surface area contributed by atoms with Gasteiger partial charge in [-0.1, -0.05) is 18.3 Å². The Morgan fingerprint density at radius 3 is 3.10 bits per heavy atom. The average molecular weight is 308 g/mol. The van der Waals surface area contributed by atoms with Crippen molar-refractivity contribution in [3.8, 4) is 11.8 Å². The highest BCUT2D eigenvalue weighted by Gasteiger charge is 2.24. The Hall–Kier alpha value is -0.960. The first kappa shape index (κ1) is 15.4. The number of nitrogens with zero attached hydrogens (tertiary/aromatic N) is 1. The monoisotopic (exact) mass is 308 g/mol. The summed E-state index contributed by atoms with van der Waals surface area (Å²) in [7, 11) is 1.89. The number of hydrogen-bond acceptors (Lipinski definition) is 4. The highest BCUT2D eigenvalue weighted by molar-refractivity contribution is 8.00. The molecule has 2 N–H and O–H groups in total. The SMILES string of the molecule is CN(Cc1csc(C#CCN)c1)C(=O)C1CCCCS1. The summed E-state index contributed by atoms with van der Waals surface area (Å²) in [5, 5.41) is 2.22. The highest BCUT2D eigenvalue weighted by Crippen LogP contribution is 2.27. The quantitative estimate of drug-likeness (QED) is 0.872. The van der Waals surface area contributed by atoms with Crippen molar-refractivity contribution in [2.24, 2.45) is 5.73 Å². The summed E-state index contributed by atoms with van der Waals surface area (Å²) >= 11 is 3.41. The molecule has 0 bridgehead atoms. The van der Waals surface area contributed by atoms with Crippen molar-refractivity contribution in [1.82, 2.24) is 4.90 Å². The van der Waals surface area contributed by atoms with Crippen LogP contribution in [0.2, 0.25) is 0 Å². The molecule has 0 aliphatic carbocycles. The first-order valence-corrected chi connectivity index (χ1v) is 8.76. The van der Waals surface area contributed by atoms with Gasteiger partial charge in [0.25, 0.3) is 0 Å². The van der Waals surface area contributed by atoms with E-state index in [-0.39, 0.29) is 11.2 Å². The van der Waals surface area contributed by atoms with Gasteiger partial charge in [0.15, 0.2) is 0 Å². The van der Waals surface area contributed by atoms with Crippen LogP contribution in [-0.2, 0) is 11.3 Å². The van der Waals surface area contributed by atoms with Gasteiger partial charge in [-0.25, -0.2) is 0 Å². The first-order valence-electron chi connectivity index (χ1n) is 6.83. The summed E-state index contributed by atoms with van der Waals surface area (Å²) in [5.74, 6) is 7.25. The van der Waals surface area contributed by atoms with Gasteiger partial charge in [0, 0.05) is 13.6 Å². The number of thioether (sulfide) groups is 1. The zero-order valence-electron chi connectivity index (χ0n) is 11.7. The van der Waals surface area contributed by atoms with Gasteiger partial charge in [0.2, 0.25) is 5.91 Å². The number of rotatable bonds is 3. The predicted molar refractivity (Wildman–Crippen MR) is 86.8 cm³/mol. The minimum atomic E-state index is 0.156. The number of carbonyl (C=O) groups excluding carboxylic acids is 1. The van der Waals surface area contributed by atoms with Crippen molar-refractivity contribution in [2.75, 3.05) is 19.3 Å². The van der Waals surface area contributed by atoms with E-state index in [0.717, 1.165) is 22.6 Å².